The number of phenolic OH excluding ortho intramolecular Hbond substituents is 1. The first kappa shape index (κ1) is 17.4. The molecule has 0 bridgehead atoms. The Labute approximate surface area is 146 Å². The quantitative estimate of drug-likeness (QED) is 0.849. The average molecular weight is 364 g/mol. The van der Waals surface area contributed by atoms with Crippen LogP contribution in [0.2, 0.25) is 0 Å². The van der Waals surface area contributed by atoms with Crippen LogP contribution >= 0.6 is 0 Å². The van der Waals surface area contributed by atoms with Gasteiger partial charge >= 0.3 is 6.03 Å². The highest BCUT2D eigenvalue weighted by molar-refractivity contribution is 7.88. The Bertz CT molecular complexity index is 855. The number of rotatable bonds is 3. The zero-order chi connectivity index (χ0) is 18.0. The zero-order valence-corrected chi connectivity index (χ0v) is 14.6. The first-order valence-electron chi connectivity index (χ1n) is 7.94. The van der Waals surface area contributed by atoms with Crippen molar-refractivity contribution >= 4 is 16.1 Å². The fourth-order valence-corrected chi connectivity index (χ4v) is 4.06. The third kappa shape index (κ3) is 3.83. The smallest absolute Gasteiger partial charge is 0.343 e. The Kier molecular flexibility index (Phi) is 4.78. The van der Waals surface area contributed by atoms with Crippen LogP contribution < -0.4 is 5.32 Å². The molecule has 0 saturated carbocycles. The minimum Gasteiger partial charge on any atom is -0.508 e. The molecule has 1 amide bonds. The molecule has 1 aromatic heterocycles. The molecular formula is C16H20N4O4S. The molecule has 0 unspecified atom stereocenters. The second-order valence-corrected chi connectivity index (χ2v) is 7.90. The highest BCUT2D eigenvalue weighted by Gasteiger charge is 2.33. The Morgan fingerprint density at radius 3 is 2.52 bits per heavy atom. The third-order valence-corrected chi connectivity index (χ3v) is 5.32. The number of phenols is 1. The number of hydrogen-bond donors (Lipinski definition) is 2. The van der Waals surface area contributed by atoms with E-state index in [-0.39, 0.29) is 11.8 Å². The van der Waals surface area contributed by atoms with Crippen molar-refractivity contribution < 1.29 is 18.3 Å². The van der Waals surface area contributed by atoms with Gasteiger partial charge in [0.1, 0.15) is 12.1 Å². The van der Waals surface area contributed by atoms with Crippen molar-refractivity contribution in [3.8, 4) is 17.0 Å². The summed E-state index contributed by atoms with van der Waals surface area (Å²) < 4.78 is 26.5. The lowest BCUT2D eigenvalue weighted by molar-refractivity contribution is 0.204. The maximum Gasteiger partial charge on any atom is 0.343 e. The fourth-order valence-electron chi connectivity index (χ4n) is 2.93. The molecule has 0 aliphatic carbocycles. The molecule has 134 valence electrons. The number of hydrogen-bond acceptors (Lipinski definition) is 6. The van der Waals surface area contributed by atoms with E-state index in [1.165, 1.54) is 29.2 Å². The summed E-state index contributed by atoms with van der Waals surface area (Å²) in [4.78, 5) is 17.0. The molecule has 0 radical (unpaired) electrons. The van der Waals surface area contributed by atoms with Gasteiger partial charge < -0.3 is 10.4 Å². The van der Waals surface area contributed by atoms with E-state index in [1.807, 2.05) is 0 Å². The second kappa shape index (κ2) is 6.85. The predicted molar refractivity (Wildman–Crippen MR) is 92.7 cm³/mol. The van der Waals surface area contributed by atoms with E-state index >= 15 is 0 Å². The lowest BCUT2D eigenvalue weighted by atomic mass is 10.1. The largest absolute Gasteiger partial charge is 0.508 e. The van der Waals surface area contributed by atoms with Crippen molar-refractivity contribution in [2.75, 3.05) is 19.3 Å². The number of nitrogens with one attached hydrogen (secondary N) is 1. The van der Waals surface area contributed by atoms with Gasteiger partial charge in [-0.2, -0.15) is 0 Å². The van der Waals surface area contributed by atoms with E-state index in [0.29, 0.717) is 31.6 Å². The summed E-state index contributed by atoms with van der Waals surface area (Å²) in [6, 6.07) is 5.40. The number of imidazole rings is 1. The molecule has 2 aromatic rings. The Balaban J connectivity index is 1.88. The van der Waals surface area contributed by atoms with Crippen LogP contribution in [0.15, 0.2) is 36.8 Å². The molecule has 1 aliphatic rings. The number of carbonyl (C=O) groups excluding carboxylic acids is 1. The number of sulfonamides is 1. The van der Waals surface area contributed by atoms with Gasteiger partial charge in [-0.15, -0.1) is 0 Å². The van der Waals surface area contributed by atoms with E-state index in [4.69, 9.17) is 0 Å². The number of carbonyl (C=O) groups is 1. The average Bonchev–Trinajstić information content (AvgIpc) is 3.05. The minimum atomic E-state index is -3.70. The van der Waals surface area contributed by atoms with Crippen molar-refractivity contribution in [2.24, 2.45) is 0 Å². The van der Waals surface area contributed by atoms with Crippen LogP contribution in [0.3, 0.4) is 0 Å². The van der Waals surface area contributed by atoms with Crippen molar-refractivity contribution in [3.63, 3.8) is 0 Å². The van der Waals surface area contributed by atoms with Crippen LogP contribution in [0.4, 0.5) is 4.79 Å². The Hall–Kier alpha value is -2.39. The van der Waals surface area contributed by atoms with Gasteiger partial charge in [0, 0.05) is 11.8 Å². The normalized spacial score (nSPS) is 15.9. The number of nitrogens with zero attached hydrogens (tertiary/aromatic N) is 3. The van der Waals surface area contributed by atoms with E-state index < -0.39 is 16.1 Å². The summed E-state index contributed by atoms with van der Waals surface area (Å²) in [6.07, 6.45) is 5.01. The second-order valence-electron chi connectivity index (χ2n) is 6.04. The van der Waals surface area contributed by atoms with Gasteiger partial charge in [-0.3, -0.25) is 4.57 Å². The van der Waals surface area contributed by atoms with E-state index in [2.05, 4.69) is 10.3 Å². The Morgan fingerprint density at radius 1 is 1.28 bits per heavy atom. The molecule has 1 fully saturated rings. The zero-order valence-electron chi connectivity index (χ0n) is 13.8. The van der Waals surface area contributed by atoms with Gasteiger partial charge in [0.25, 0.3) is 0 Å². The van der Waals surface area contributed by atoms with E-state index in [0.717, 1.165) is 16.1 Å². The van der Waals surface area contributed by atoms with Crippen LogP contribution in [-0.2, 0) is 10.0 Å². The highest BCUT2D eigenvalue weighted by Crippen LogP contribution is 2.22. The summed E-state index contributed by atoms with van der Waals surface area (Å²) >= 11 is 0. The number of aromatic hydroxyl groups is 1. The van der Waals surface area contributed by atoms with Crippen LogP contribution in [0.25, 0.3) is 11.3 Å². The summed E-state index contributed by atoms with van der Waals surface area (Å²) in [5.74, 6) is 0.133. The maximum atomic E-state index is 12.8. The third-order valence-electron chi connectivity index (χ3n) is 4.15. The molecule has 1 aliphatic heterocycles. The van der Waals surface area contributed by atoms with Gasteiger partial charge in [-0.25, -0.2) is 22.5 Å². The number of piperidine rings is 1. The lowest BCUT2D eigenvalue weighted by Crippen LogP contribution is -2.49. The number of benzene rings is 1. The van der Waals surface area contributed by atoms with Gasteiger partial charge in [-0.1, -0.05) is 0 Å². The maximum absolute atomic E-state index is 12.8. The van der Waals surface area contributed by atoms with Crippen LogP contribution in [0.5, 0.6) is 5.75 Å². The van der Waals surface area contributed by atoms with Gasteiger partial charge in [0.15, 0.2) is 0 Å². The van der Waals surface area contributed by atoms with Crippen LogP contribution in [0.1, 0.15) is 12.8 Å². The molecule has 2 heterocycles. The fraction of sp³-hybridized carbons (Fsp3) is 0.375. The predicted octanol–water partition coefficient (Wildman–Crippen LogP) is 1.24. The summed E-state index contributed by atoms with van der Waals surface area (Å²) in [5, 5.41) is 12.5. The number of amides is 1. The summed E-state index contributed by atoms with van der Waals surface area (Å²) in [6.45, 7) is 1.35. The van der Waals surface area contributed by atoms with E-state index in [9.17, 15) is 18.3 Å². The number of aromatic nitrogens is 2. The first-order valence-corrected chi connectivity index (χ1v) is 9.79. The van der Waals surface area contributed by atoms with Gasteiger partial charge in [0.05, 0.1) is 18.0 Å². The van der Waals surface area contributed by atoms with Crippen molar-refractivity contribution in [2.45, 2.75) is 18.9 Å². The molecule has 2 N–H and O–H groups in total. The molecule has 1 saturated heterocycles. The lowest BCUT2D eigenvalue weighted by Gasteiger charge is -2.32. The standard InChI is InChI=1S/C16H20N4O4S/c1-25(23,24)20(13-6-8-17-9-7-13)16(22)19-10-15(18-11-19)12-2-4-14(21)5-3-12/h2-5,10-11,13,17,21H,6-9H2,1H3. The first-order chi connectivity index (χ1) is 11.9. The van der Waals surface area contributed by atoms with Gasteiger partial charge in [0.2, 0.25) is 10.0 Å². The van der Waals surface area contributed by atoms with Crippen molar-refractivity contribution in [1.82, 2.24) is 19.2 Å². The van der Waals surface area contributed by atoms with Crippen molar-refractivity contribution in [3.05, 3.63) is 36.8 Å². The Morgan fingerprint density at radius 2 is 1.92 bits per heavy atom. The molecule has 8 nitrogen and oxygen atoms in total. The molecule has 3 rings (SSSR count). The highest BCUT2D eigenvalue weighted by atomic mass is 32.2. The minimum absolute atomic E-state index is 0.133. The SMILES string of the molecule is CS(=O)(=O)N(C(=O)n1cnc(-c2ccc(O)cc2)c1)C1CCNCC1. The van der Waals surface area contributed by atoms with Gasteiger partial charge in [-0.05, 0) is 50.2 Å². The molecule has 0 spiro atoms. The molecular weight excluding hydrogens is 344 g/mol. The topological polar surface area (TPSA) is 105 Å². The van der Waals surface area contributed by atoms with Crippen LogP contribution in [0, 0.1) is 0 Å². The monoisotopic (exact) mass is 364 g/mol. The summed E-state index contributed by atoms with van der Waals surface area (Å²) in [5.41, 5.74) is 1.24. The molecule has 9 heteroatoms. The molecule has 1 aromatic carbocycles. The van der Waals surface area contributed by atoms with E-state index in [1.54, 1.807) is 12.1 Å². The molecule has 0 atom stereocenters. The summed E-state index contributed by atoms with van der Waals surface area (Å²) in [7, 11) is -3.70. The van der Waals surface area contributed by atoms with Crippen molar-refractivity contribution in [1.29, 1.82) is 0 Å². The van der Waals surface area contributed by atoms with Crippen LogP contribution in [-0.4, -0.2) is 58.8 Å². The molecule has 25 heavy (non-hydrogen) atoms.